The first-order valence-corrected chi connectivity index (χ1v) is 5.06. The molecule has 1 saturated heterocycles. The van der Waals surface area contributed by atoms with E-state index in [1.807, 2.05) is 0 Å². The van der Waals surface area contributed by atoms with Gasteiger partial charge in [0.2, 0.25) is 0 Å². The van der Waals surface area contributed by atoms with Crippen LogP contribution in [0.2, 0.25) is 0 Å². The summed E-state index contributed by atoms with van der Waals surface area (Å²) in [5, 5.41) is 16.5. The quantitative estimate of drug-likeness (QED) is 0.606. The Morgan fingerprint density at radius 1 is 1.50 bits per heavy atom. The van der Waals surface area contributed by atoms with Crippen LogP contribution >= 0.6 is 0 Å². The number of halogens is 1. The topological polar surface area (TPSA) is 67.2 Å². The van der Waals surface area contributed by atoms with Gasteiger partial charge in [0.05, 0.1) is 4.92 Å². The van der Waals surface area contributed by atoms with E-state index in [9.17, 15) is 14.5 Å². The zero-order chi connectivity index (χ0) is 11.5. The molecule has 1 aliphatic rings. The van der Waals surface area contributed by atoms with Crippen molar-refractivity contribution in [1.29, 1.82) is 0 Å². The zero-order valence-corrected chi connectivity index (χ0v) is 8.52. The maximum Gasteiger partial charge on any atom is 0.292 e. The van der Waals surface area contributed by atoms with Crippen LogP contribution < -0.4 is 10.6 Å². The zero-order valence-electron chi connectivity index (χ0n) is 8.52. The molecule has 16 heavy (non-hydrogen) atoms. The molecule has 0 spiro atoms. The number of anilines is 1. The van der Waals surface area contributed by atoms with E-state index in [-0.39, 0.29) is 5.69 Å². The van der Waals surface area contributed by atoms with Crippen molar-refractivity contribution in [3.05, 3.63) is 34.4 Å². The molecule has 1 aromatic carbocycles. The van der Waals surface area contributed by atoms with Crippen molar-refractivity contribution >= 4 is 11.4 Å². The molecule has 1 aromatic rings. The molecule has 0 radical (unpaired) electrons. The molecule has 6 heteroatoms. The van der Waals surface area contributed by atoms with E-state index in [0.29, 0.717) is 18.7 Å². The molecule has 1 aliphatic heterocycles. The van der Waals surface area contributed by atoms with Gasteiger partial charge in [-0.25, -0.2) is 4.39 Å². The number of nitrogens with zero attached hydrogens (tertiary/aromatic N) is 1. The van der Waals surface area contributed by atoms with Gasteiger partial charge in [-0.3, -0.25) is 15.4 Å². The molecule has 0 aliphatic carbocycles. The van der Waals surface area contributed by atoms with Crippen molar-refractivity contribution in [3.8, 4) is 0 Å². The maximum atomic E-state index is 13.3. The van der Waals surface area contributed by atoms with Crippen molar-refractivity contribution in [2.45, 2.75) is 18.8 Å². The van der Waals surface area contributed by atoms with Gasteiger partial charge in [0, 0.05) is 12.6 Å². The van der Waals surface area contributed by atoms with Crippen LogP contribution in [0.4, 0.5) is 15.8 Å². The molecule has 1 heterocycles. The molecule has 2 atom stereocenters. The van der Waals surface area contributed by atoms with Crippen molar-refractivity contribution < 1.29 is 9.31 Å². The van der Waals surface area contributed by atoms with Crippen molar-refractivity contribution in [3.63, 3.8) is 0 Å². The van der Waals surface area contributed by atoms with E-state index in [1.165, 1.54) is 6.07 Å². The highest BCUT2D eigenvalue weighted by molar-refractivity contribution is 5.61. The molecule has 86 valence electrons. The van der Waals surface area contributed by atoms with Crippen LogP contribution in [0.5, 0.6) is 0 Å². The Morgan fingerprint density at radius 2 is 2.25 bits per heavy atom. The first-order valence-electron chi connectivity index (χ1n) is 5.06. The van der Waals surface area contributed by atoms with Crippen LogP contribution in [0.25, 0.3) is 0 Å². The van der Waals surface area contributed by atoms with E-state index < -0.39 is 17.3 Å². The van der Waals surface area contributed by atoms with Gasteiger partial charge in [-0.2, -0.15) is 0 Å². The highest BCUT2D eigenvalue weighted by Crippen LogP contribution is 2.25. The maximum absolute atomic E-state index is 13.3. The number of alkyl halides is 1. The molecule has 0 amide bonds. The van der Waals surface area contributed by atoms with Crippen molar-refractivity contribution in [2.75, 3.05) is 11.9 Å². The lowest BCUT2D eigenvalue weighted by Crippen LogP contribution is -2.36. The predicted octanol–water partition coefficient (Wildman–Crippen LogP) is 1.66. The summed E-state index contributed by atoms with van der Waals surface area (Å²) >= 11 is 0. The molecule has 2 unspecified atom stereocenters. The molecule has 5 nitrogen and oxygen atoms in total. The van der Waals surface area contributed by atoms with E-state index in [0.717, 1.165) is 0 Å². The lowest BCUT2D eigenvalue weighted by molar-refractivity contribution is -0.384. The summed E-state index contributed by atoms with van der Waals surface area (Å²) in [7, 11) is 0. The average molecular weight is 225 g/mol. The monoisotopic (exact) mass is 225 g/mol. The number of para-hydroxylation sites is 2. The average Bonchev–Trinajstić information content (AvgIpc) is 2.65. The molecular formula is C10H12FN3O2. The molecule has 1 fully saturated rings. The lowest BCUT2D eigenvalue weighted by atomic mass is 10.2. The first-order chi connectivity index (χ1) is 7.68. The molecule has 0 bridgehead atoms. The number of rotatable bonds is 3. The van der Waals surface area contributed by atoms with Gasteiger partial charge in [0.25, 0.3) is 5.69 Å². The standard InChI is InChI=1S/C10H12FN3O2/c11-7-5-6-12-10(7)13-8-3-1-2-4-9(8)14(15)16/h1-4,7,10,12-13H,5-6H2. The van der Waals surface area contributed by atoms with Crippen LogP contribution in [0.3, 0.4) is 0 Å². The smallest absolute Gasteiger partial charge is 0.292 e. The minimum Gasteiger partial charge on any atom is -0.362 e. The van der Waals surface area contributed by atoms with E-state index >= 15 is 0 Å². The highest BCUT2D eigenvalue weighted by atomic mass is 19.1. The third kappa shape index (κ3) is 2.11. The Kier molecular flexibility index (Phi) is 3.00. The molecule has 2 N–H and O–H groups in total. The van der Waals surface area contributed by atoms with Crippen LogP contribution in [0.1, 0.15) is 6.42 Å². The second kappa shape index (κ2) is 4.44. The van der Waals surface area contributed by atoms with Crippen LogP contribution in [0.15, 0.2) is 24.3 Å². The largest absolute Gasteiger partial charge is 0.362 e. The Bertz CT molecular complexity index is 399. The van der Waals surface area contributed by atoms with Crippen LogP contribution in [-0.4, -0.2) is 23.8 Å². The highest BCUT2D eigenvalue weighted by Gasteiger charge is 2.27. The number of hydrogen-bond donors (Lipinski definition) is 2. The van der Waals surface area contributed by atoms with Gasteiger partial charge < -0.3 is 5.32 Å². The molecule has 2 rings (SSSR count). The van der Waals surface area contributed by atoms with Crippen LogP contribution in [-0.2, 0) is 0 Å². The predicted molar refractivity (Wildman–Crippen MR) is 58.0 cm³/mol. The fraction of sp³-hybridized carbons (Fsp3) is 0.400. The Morgan fingerprint density at radius 3 is 2.88 bits per heavy atom. The van der Waals surface area contributed by atoms with Gasteiger partial charge in [0.15, 0.2) is 0 Å². The SMILES string of the molecule is O=[N+]([O-])c1ccccc1NC1NCCC1F. The normalized spacial score (nSPS) is 24.3. The van der Waals surface area contributed by atoms with Gasteiger partial charge in [-0.1, -0.05) is 12.1 Å². The summed E-state index contributed by atoms with van der Waals surface area (Å²) in [5.41, 5.74) is 0.304. The van der Waals surface area contributed by atoms with E-state index in [2.05, 4.69) is 10.6 Å². The number of hydrogen-bond acceptors (Lipinski definition) is 4. The van der Waals surface area contributed by atoms with Crippen molar-refractivity contribution in [2.24, 2.45) is 0 Å². The minimum atomic E-state index is -1.01. The summed E-state index contributed by atoms with van der Waals surface area (Å²) in [6, 6.07) is 6.23. The van der Waals surface area contributed by atoms with E-state index in [1.54, 1.807) is 18.2 Å². The number of nitro groups is 1. The first kappa shape index (κ1) is 10.8. The summed E-state index contributed by atoms with van der Waals surface area (Å²) in [6.45, 7) is 0.583. The second-order valence-electron chi connectivity index (χ2n) is 3.66. The number of nitrogens with one attached hydrogen (secondary N) is 2. The molecule has 0 aromatic heterocycles. The molecular weight excluding hydrogens is 213 g/mol. The summed E-state index contributed by atoms with van der Waals surface area (Å²) in [6.07, 6.45) is -1.13. The minimum absolute atomic E-state index is 0.0385. The lowest BCUT2D eigenvalue weighted by Gasteiger charge is -2.16. The fourth-order valence-electron chi connectivity index (χ4n) is 1.74. The Labute approximate surface area is 91.8 Å². The summed E-state index contributed by atoms with van der Waals surface area (Å²) in [4.78, 5) is 10.2. The van der Waals surface area contributed by atoms with Crippen LogP contribution in [0, 0.1) is 10.1 Å². The third-order valence-electron chi connectivity index (χ3n) is 2.56. The summed E-state index contributed by atoms with van der Waals surface area (Å²) < 4.78 is 13.3. The molecule has 0 saturated carbocycles. The Hall–Kier alpha value is -1.69. The Balaban J connectivity index is 2.17. The second-order valence-corrected chi connectivity index (χ2v) is 3.66. The van der Waals surface area contributed by atoms with Gasteiger partial charge in [-0.05, 0) is 12.5 Å². The van der Waals surface area contributed by atoms with E-state index in [4.69, 9.17) is 0 Å². The van der Waals surface area contributed by atoms with Gasteiger partial charge >= 0.3 is 0 Å². The third-order valence-corrected chi connectivity index (χ3v) is 2.56. The van der Waals surface area contributed by atoms with Gasteiger partial charge in [-0.15, -0.1) is 0 Å². The summed E-state index contributed by atoms with van der Waals surface area (Å²) in [5.74, 6) is 0. The number of benzene rings is 1. The number of nitro benzene ring substituents is 1. The van der Waals surface area contributed by atoms with Gasteiger partial charge in [0.1, 0.15) is 18.0 Å². The fourth-order valence-corrected chi connectivity index (χ4v) is 1.74. The van der Waals surface area contributed by atoms with Crippen molar-refractivity contribution in [1.82, 2.24) is 5.32 Å².